The van der Waals surface area contributed by atoms with E-state index in [1.165, 1.54) is 26.2 Å². The number of unbranched alkanes of at least 4 members (excludes halogenated alkanes) is 1. The molecule has 1 rings (SSSR count). The Morgan fingerprint density at radius 1 is 0.750 bits per heavy atom. The maximum Gasteiger partial charge on any atom is 0.333 e. The van der Waals surface area contributed by atoms with Gasteiger partial charge in [0.2, 0.25) is 0 Å². The van der Waals surface area contributed by atoms with Crippen LogP contribution in [-0.4, -0.2) is 130 Å². The van der Waals surface area contributed by atoms with Gasteiger partial charge in [0.05, 0.1) is 40.1 Å². The summed E-state index contributed by atoms with van der Waals surface area (Å²) in [5, 5.41) is 57.3. The number of carbonyl (C=O) groups is 7. The lowest BCUT2D eigenvalue weighted by atomic mass is 9.88. The van der Waals surface area contributed by atoms with E-state index in [-0.39, 0.29) is 55.4 Å². The van der Waals surface area contributed by atoms with Gasteiger partial charge < -0.3 is 54.7 Å². The molecule has 0 aliphatic carbocycles. The molecule has 1 atom stereocenters. The van der Waals surface area contributed by atoms with Crippen LogP contribution in [0.4, 0.5) is 0 Å². The molecule has 18 heteroatoms. The van der Waals surface area contributed by atoms with Crippen molar-refractivity contribution >= 4 is 41.8 Å². The number of carboxylic acid groups (broad SMARTS) is 4. The minimum atomic E-state index is -1.00. The van der Waals surface area contributed by atoms with Crippen molar-refractivity contribution in [3.63, 3.8) is 0 Å². The Balaban J connectivity index is -0.000000134. The van der Waals surface area contributed by atoms with Crippen molar-refractivity contribution in [2.45, 2.75) is 59.5 Å². The first-order chi connectivity index (χ1) is 26.0. The number of rotatable bonds is 18. The van der Waals surface area contributed by atoms with Crippen molar-refractivity contribution < 1.29 is 88.3 Å². The second-order valence-corrected chi connectivity index (χ2v) is 10.5. The number of epoxide rings is 1. The lowest BCUT2D eigenvalue weighted by Crippen LogP contribution is -2.32. The summed E-state index contributed by atoms with van der Waals surface area (Å²) in [4.78, 5) is 69.9. The number of allylic oxidation sites excluding steroid dienone is 1. The van der Waals surface area contributed by atoms with Gasteiger partial charge in [-0.2, -0.15) is 0 Å². The minimum Gasteiger partial charge on any atom is -0.478 e. The molecular formula is C38H60O18. The van der Waals surface area contributed by atoms with Crippen molar-refractivity contribution in [2.75, 3.05) is 46.8 Å². The van der Waals surface area contributed by atoms with E-state index in [1.54, 1.807) is 6.92 Å². The SMILES string of the molecule is C=C(C)C(=O)OCC1CO1.C=C(CC=C(C)C(=O)O)C(=O)OC.C=CC(=O)O.C=CC(=O)O.C=CC(=O)O.C=CC(=O)OCCCC.CCC(CO)(CO)CO. The molecule has 56 heavy (non-hydrogen) atoms. The fraction of sp³-hybridized carbons (Fsp3) is 0.447. The van der Waals surface area contributed by atoms with Crippen LogP contribution in [0.25, 0.3) is 0 Å². The van der Waals surface area contributed by atoms with Crippen LogP contribution < -0.4 is 0 Å². The van der Waals surface area contributed by atoms with Crippen LogP contribution in [0.2, 0.25) is 0 Å². The quantitative estimate of drug-likeness (QED) is 0.0344. The number of aliphatic carboxylic acids is 4. The summed E-state index contributed by atoms with van der Waals surface area (Å²) in [5.41, 5.74) is 0.189. The van der Waals surface area contributed by atoms with Crippen molar-refractivity contribution in [1.82, 2.24) is 0 Å². The van der Waals surface area contributed by atoms with Crippen molar-refractivity contribution in [3.05, 3.63) is 86.6 Å². The second-order valence-electron chi connectivity index (χ2n) is 10.5. The summed E-state index contributed by atoms with van der Waals surface area (Å²) in [7, 11) is 1.25. The van der Waals surface area contributed by atoms with Crippen molar-refractivity contribution in [1.29, 1.82) is 0 Å². The molecule has 1 fully saturated rings. The van der Waals surface area contributed by atoms with Gasteiger partial charge in [-0.15, -0.1) is 0 Å². The standard InChI is InChI=1S/C9H12O4.C7H10O3.C7H12O2.C6H14O3.3C3H4O2/c1-6(8(10)11)4-5-7(2)9(12)13-3;1-5(2)7(8)10-4-6-3-9-6;1-3-5-6-9-7(8)4-2;1-2-6(3-7,4-8)5-9;3*1-2-3(4)5/h4H,2,5H2,1,3H3,(H,10,11);6H,1,3-4H2,2H3;4H,2-3,5-6H2,1H3;7-9H,2-5H2,1H3;3*2H,1H2,(H,4,5). The molecule has 320 valence electrons. The van der Waals surface area contributed by atoms with Gasteiger partial charge in [0.25, 0.3) is 0 Å². The van der Waals surface area contributed by atoms with E-state index in [0.29, 0.717) is 31.8 Å². The van der Waals surface area contributed by atoms with Gasteiger partial charge in [-0.1, -0.05) is 65.8 Å². The molecule has 0 aromatic heterocycles. The highest BCUT2D eigenvalue weighted by Crippen LogP contribution is 2.18. The summed E-state index contributed by atoms with van der Waals surface area (Å²) in [6, 6.07) is 0. The first-order valence-corrected chi connectivity index (χ1v) is 16.3. The number of carboxylic acids is 4. The maximum atomic E-state index is 10.8. The summed E-state index contributed by atoms with van der Waals surface area (Å²) in [5.74, 6) is -5.13. The predicted octanol–water partition coefficient (Wildman–Crippen LogP) is 3.29. The first-order valence-electron chi connectivity index (χ1n) is 16.3. The van der Waals surface area contributed by atoms with Crippen LogP contribution in [0.15, 0.2) is 86.6 Å². The van der Waals surface area contributed by atoms with Gasteiger partial charge in [-0.3, -0.25) is 0 Å². The normalized spacial score (nSPS) is 11.4. The van der Waals surface area contributed by atoms with Gasteiger partial charge in [-0.05, 0) is 33.1 Å². The van der Waals surface area contributed by atoms with E-state index in [1.807, 2.05) is 13.8 Å². The first kappa shape index (κ1) is 62.3. The molecule has 1 aliphatic heterocycles. The van der Waals surface area contributed by atoms with Gasteiger partial charge in [0.15, 0.2) is 0 Å². The molecule has 1 aliphatic rings. The zero-order valence-electron chi connectivity index (χ0n) is 32.9. The third kappa shape index (κ3) is 50.4. The predicted molar refractivity (Wildman–Crippen MR) is 206 cm³/mol. The lowest BCUT2D eigenvalue weighted by molar-refractivity contribution is -0.139. The van der Waals surface area contributed by atoms with E-state index >= 15 is 0 Å². The summed E-state index contributed by atoms with van der Waals surface area (Å²) in [6.07, 6.45) is 8.01. The lowest BCUT2D eigenvalue weighted by Gasteiger charge is -2.24. The molecule has 0 spiro atoms. The molecule has 0 bridgehead atoms. The second kappa shape index (κ2) is 42.1. The Bertz CT molecular complexity index is 1210. The van der Waals surface area contributed by atoms with E-state index in [2.05, 4.69) is 48.9 Å². The zero-order chi connectivity index (χ0) is 45.3. The molecule has 7 N–H and O–H groups in total. The zero-order valence-corrected chi connectivity index (χ0v) is 32.9. The summed E-state index contributed by atoms with van der Waals surface area (Å²) in [6.45, 7) is 27.1. The van der Waals surface area contributed by atoms with Gasteiger partial charge in [-0.25, -0.2) is 33.6 Å². The highest BCUT2D eigenvalue weighted by molar-refractivity contribution is 5.89. The number of ether oxygens (including phenoxy) is 4. The third-order valence-corrected chi connectivity index (χ3v) is 5.81. The maximum absolute atomic E-state index is 10.8. The molecule has 0 aromatic carbocycles. The van der Waals surface area contributed by atoms with E-state index in [9.17, 15) is 33.6 Å². The summed E-state index contributed by atoms with van der Waals surface area (Å²) < 4.78 is 18.7. The highest BCUT2D eigenvalue weighted by atomic mass is 16.6. The smallest absolute Gasteiger partial charge is 0.333 e. The number of methoxy groups -OCH3 is 1. The Hall–Kier alpha value is -5.69. The Morgan fingerprint density at radius 3 is 1.39 bits per heavy atom. The fourth-order valence-corrected chi connectivity index (χ4v) is 1.91. The third-order valence-electron chi connectivity index (χ3n) is 5.81. The van der Waals surface area contributed by atoms with Crippen molar-refractivity contribution in [3.8, 4) is 0 Å². The van der Waals surface area contributed by atoms with Crippen LogP contribution in [0.3, 0.4) is 0 Å². The monoisotopic (exact) mass is 804 g/mol. The van der Waals surface area contributed by atoms with Crippen LogP contribution in [-0.2, 0) is 52.5 Å². The van der Waals surface area contributed by atoms with E-state index < -0.39 is 35.3 Å². The van der Waals surface area contributed by atoms with Crippen LogP contribution in [0.5, 0.6) is 0 Å². The fourth-order valence-electron chi connectivity index (χ4n) is 1.91. The average Bonchev–Trinajstić information content (AvgIpc) is 4.02. The van der Waals surface area contributed by atoms with Crippen LogP contribution in [0.1, 0.15) is 53.4 Å². The van der Waals surface area contributed by atoms with Gasteiger partial charge in [0.1, 0.15) is 12.7 Å². The highest BCUT2D eigenvalue weighted by Gasteiger charge is 2.25. The number of aliphatic hydroxyl groups is 3. The molecule has 0 aromatic rings. The number of hydrogen-bond donors (Lipinski definition) is 7. The number of esters is 3. The minimum absolute atomic E-state index is 0.142. The Morgan fingerprint density at radius 2 is 1.16 bits per heavy atom. The van der Waals surface area contributed by atoms with Crippen molar-refractivity contribution in [2.24, 2.45) is 5.41 Å². The molecule has 0 amide bonds. The largest absolute Gasteiger partial charge is 0.478 e. The van der Waals surface area contributed by atoms with E-state index in [4.69, 9.17) is 45.2 Å². The van der Waals surface area contributed by atoms with Gasteiger partial charge in [0, 0.05) is 46.4 Å². The number of hydrogen-bond acceptors (Lipinski definition) is 14. The molecule has 18 nitrogen and oxygen atoms in total. The molecule has 1 saturated heterocycles. The number of aliphatic hydroxyl groups excluding tert-OH is 3. The molecule has 1 unspecified atom stereocenters. The average molecular weight is 805 g/mol. The Kier molecular flexibility index (Phi) is 46.8. The number of carbonyl (C=O) groups excluding carboxylic acids is 3. The summed E-state index contributed by atoms with van der Waals surface area (Å²) >= 11 is 0. The van der Waals surface area contributed by atoms with Crippen LogP contribution in [0, 0.1) is 5.41 Å². The molecule has 0 radical (unpaired) electrons. The van der Waals surface area contributed by atoms with E-state index in [0.717, 1.165) is 31.1 Å². The molecular weight excluding hydrogens is 744 g/mol. The molecule has 1 heterocycles. The topological polar surface area (TPSA) is 301 Å². The van der Waals surface area contributed by atoms with Gasteiger partial charge >= 0.3 is 41.8 Å². The van der Waals surface area contributed by atoms with Crippen LogP contribution >= 0.6 is 0 Å². The molecule has 0 saturated carbocycles. The Labute approximate surface area is 328 Å².